The highest BCUT2D eigenvalue weighted by atomic mass is 127. The van der Waals surface area contributed by atoms with E-state index in [2.05, 4.69) is 85.6 Å². The van der Waals surface area contributed by atoms with Gasteiger partial charge in [-0.25, -0.2) is 14.4 Å². The number of amides is 4. The third-order valence-electron chi connectivity index (χ3n) is 12.6. The van der Waals surface area contributed by atoms with Crippen LogP contribution in [-0.2, 0) is 68.2 Å². The summed E-state index contributed by atoms with van der Waals surface area (Å²) in [6.45, 7) is 12.4. The Kier molecular flexibility index (Phi) is 36.2. The summed E-state index contributed by atoms with van der Waals surface area (Å²) in [6, 6.07) is 22.7. The van der Waals surface area contributed by atoms with E-state index < -0.39 is 35.8 Å². The number of aryl methyl sites for hydroxylation is 1. The predicted octanol–water partition coefficient (Wildman–Crippen LogP) is 7.12. The van der Waals surface area contributed by atoms with Crippen LogP contribution in [0.25, 0.3) is 11.1 Å². The van der Waals surface area contributed by atoms with Crippen LogP contribution in [0, 0.1) is 3.57 Å². The Morgan fingerprint density at radius 1 is 0.542 bits per heavy atom. The van der Waals surface area contributed by atoms with Crippen molar-refractivity contribution >= 4 is 69.8 Å². The minimum Gasteiger partial charge on any atom is -0.480 e. The average Bonchev–Trinajstić information content (AvgIpc) is 3.44. The van der Waals surface area contributed by atoms with Crippen molar-refractivity contribution in [2.75, 3.05) is 132 Å². The van der Waals surface area contributed by atoms with Crippen LogP contribution < -0.4 is 26.6 Å². The number of benzene rings is 3. The molecule has 6 N–H and O–H groups in total. The van der Waals surface area contributed by atoms with Gasteiger partial charge in [0.1, 0.15) is 24.3 Å². The summed E-state index contributed by atoms with van der Waals surface area (Å²) < 4.78 is 56.5. The van der Waals surface area contributed by atoms with E-state index in [0.717, 1.165) is 46.5 Å². The lowest BCUT2D eigenvalue weighted by Crippen LogP contribution is -2.47. The maximum absolute atomic E-state index is 13.3. The first-order valence-corrected chi connectivity index (χ1v) is 30.2. The zero-order valence-electron chi connectivity index (χ0n) is 48.5. The first-order valence-electron chi connectivity index (χ1n) is 28.7. The number of thiocarbonyl (C=S) groups is 1. The molecule has 2 unspecified atom stereocenters. The van der Waals surface area contributed by atoms with E-state index in [1.54, 1.807) is 20.8 Å². The minimum atomic E-state index is -1.06. The molecule has 21 nitrogen and oxygen atoms in total. The molecular formula is C60H88IN5O16S. The van der Waals surface area contributed by atoms with Crippen LogP contribution in [0.4, 0.5) is 9.59 Å². The molecule has 0 aromatic heterocycles. The summed E-state index contributed by atoms with van der Waals surface area (Å²) in [7, 11) is 0. The van der Waals surface area contributed by atoms with E-state index in [0.29, 0.717) is 138 Å². The molecule has 23 heteroatoms. The lowest BCUT2D eigenvalue weighted by Gasteiger charge is -2.21. The van der Waals surface area contributed by atoms with Crippen LogP contribution in [0.1, 0.15) is 94.7 Å². The lowest BCUT2D eigenvalue weighted by atomic mass is 9.98. The zero-order chi connectivity index (χ0) is 59.8. The second-order valence-electron chi connectivity index (χ2n) is 20.3. The molecule has 1 aliphatic carbocycles. The summed E-state index contributed by atoms with van der Waals surface area (Å²) in [6.07, 6.45) is 3.58. The van der Waals surface area contributed by atoms with Crippen LogP contribution in [0.2, 0.25) is 0 Å². The Balaban J connectivity index is 0.898. The Morgan fingerprint density at radius 3 is 1.52 bits per heavy atom. The van der Waals surface area contributed by atoms with Crippen LogP contribution >= 0.6 is 34.8 Å². The van der Waals surface area contributed by atoms with E-state index in [9.17, 15) is 29.1 Å². The van der Waals surface area contributed by atoms with E-state index in [1.807, 2.05) is 36.4 Å². The quantitative estimate of drug-likeness (QED) is 0.0187. The van der Waals surface area contributed by atoms with E-state index >= 15 is 0 Å². The van der Waals surface area contributed by atoms with Gasteiger partial charge in [-0.2, -0.15) is 0 Å². The number of halogens is 1. The molecule has 0 aliphatic heterocycles. The van der Waals surface area contributed by atoms with Gasteiger partial charge in [-0.1, -0.05) is 72.9 Å². The molecule has 83 heavy (non-hydrogen) atoms. The maximum atomic E-state index is 13.3. The van der Waals surface area contributed by atoms with Crippen molar-refractivity contribution in [1.82, 2.24) is 26.6 Å². The van der Waals surface area contributed by atoms with Gasteiger partial charge < -0.3 is 79.1 Å². The number of fused-ring (bicyclic) bond motifs is 3. The van der Waals surface area contributed by atoms with Crippen LogP contribution in [-0.4, -0.2) is 190 Å². The Labute approximate surface area is 508 Å². The molecule has 1 aliphatic rings. The van der Waals surface area contributed by atoms with Gasteiger partial charge in [-0.05, 0) is 128 Å². The van der Waals surface area contributed by atoms with Gasteiger partial charge >= 0.3 is 18.2 Å². The number of hydrogen-bond acceptors (Lipinski definition) is 16. The minimum absolute atomic E-state index is 0.0499. The van der Waals surface area contributed by atoms with Crippen LogP contribution in [0.15, 0.2) is 72.8 Å². The molecule has 0 heterocycles. The van der Waals surface area contributed by atoms with E-state index in [1.165, 1.54) is 9.13 Å². The molecule has 0 saturated carbocycles. The standard InChI is InChI=1S/C60H88IN5O16S/c1-60(2,3)82-58(71)64-26-11-8-16-52(66-59(72)81-44-51-49-14-6-4-12-47(49)48-13-5-7-15-50(48)51)56(68)63-27-29-74-31-33-76-35-37-78-39-41-80-43-42-79-40-38-77-36-34-75-32-30-73-28-24-54(67)65-53(57(69)70)17-9-10-25-62-55(83)23-20-45-18-21-46(61)22-19-45/h4-7,12-15,18-19,21-22,51-53H,8-11,16-17,20,23-44H2,1-3H3,(H,62,83)(H,63,68)(H,64,71)(H,65,67)(H,66,72)(H,69,70). The first kappa shape index (κ1) is 70.4. The average molecular weight is 1290 g/mol. The fourth-order valence-electron chi connectivity index (χ4n) is 8.43. The smallest absolute Gasteiger partial charge is 0.407 e. The highest BCUT2D eigenvalue weighted by Gasteiger charge is 2.30. The number of ether oxygens (including phenoxy) is 10. The summed E-state index contributed by atoms with van der Waals surface area (Å²) in [5, 5.41) is 23.7. The fourth-order valence-corrected chi connectivity index (χ4v) is 8.99. The zero-order valence-corrected chi connectivity index (χ0v) is 51.5. The van der Waals surface area contributed by atoms with Gasteiger partial charge in [-0.3, -0.25) is 9.59 Å². The lowest BCUT2D eigenvalue weighted by molar-refractivity contribution is -0.142. The largest absolute Gasteiger partial charge is 0.480 e. The summed E-state index contributed by atoms with van der Waals surface area (Å²) >= 11 is 7.71. The van der Waals surface area contributed by atoms with Crippen molar-refractivity contribution in [2.24, 2.45) is 0 Å². The van der Waals surface area contributed by atoms with Crippen molar-refractivity contribution in [2.45, 2.75) is 102 Å². The molecule has 0 fully saturated rings. The molecule has 462 valence electrons. The number of aliphatic carboxylic acids is 1. The number of hydrogen-bond donors (Lipinski definition) is 6. The predicted molar refractivity (Wildman–Crippen MR) is 326 cm³/mol. The van der Waals surface area contributed by atoms with Gasteiger partial charge in [-0.15, -0.1) is 0 Å². The van der Waals surface area contributed by atoms with Gasteiger partial charge in [0.05, 0.1) is 111 Å². The SMILES string of the molecule is CC(C)(C)OC(=O)NCCCCC(NC(=O)OCC1c2ccccc2-c2ccccc21)C(=O)NCCOCCOCCOCCOCCOCCOCCOCCOCCC(=O)NC(CCCCNC(=S)CCc1ccc(I)cc1)C(=O)O. The Bertz CT molecular complexity index is 2300. The third kappa shape index (κ3) is 32.1. The highest BCUT2D eigenvalue weighted by molar-refractivity contribution is 14.1. The number of rotatable bonds is 46. The van der Waals surface area contributed by atoms with E-state index in [4.69, 9.17) is 59.6 Å². The molecule has 0 spiro atoms. The number of carbonyl (C=O) groups is 5. The van der Waals surface area contributed by atoms with Crippen LogP contribution in [0.5, 0.6) is 0 Å². The Hall–Kier alpha value is -5.09. The van der Waals surface area contributed by atoms with Crippen molar-refractivity contribution in [3.8, 4) is 11.1 Å². The number of nitrogens with one attached hydrogen (secondary N) is 5. The molecule has 0 saturated heterocycles. The van der Waals surface area contributed by atoms with Gasteiger partial charge in [0.15, 0.2) is 0 Å². The highest BCUT2D eigenvalue weighted by Crippen LogP contribution is 2.44. The number of carbonyl (C=O) groups excluding carboxylic acids is 4. The number of carboxylic acid groups (broad SMARTS) is 1. The fraction of sp³-hybridized carbons (Fsp3) is 0.600. The van der Waals surface area contributed by atoms with Gasteiger partial charge in [0, 0.05) is 42.0 Å². The van der Waals surface area contributed by atoms with Crippen molar-refractivity contribution in [1.29, 1.82) is 0 Å². The molecular weight excluding hydrogens is 1210 g/mol. The first-order chi connectivity index (χ1) is 40.2. The summed E-state index contributed by atoms with van der Waals surface area (Å²) in [4.78, 5) is 63.3. The van der Waals surface area contributed by atoms with Gasteiger partial charge in [0.25, 0.3) is 0 Å². The second kappa shape index (κ2) is 42.7. The monoisotopic (exact) mass is 1290 g/mol. The normalized spacial score (nSPS) is 12.6. The topological polar surface area (TPSA) is 258 Å². The van der Waals surface area contributed by atoms with Crippen molar-refractivity contribution in [3.63, 3.8) is 0 Å². The molecule has 3 aromatic rings. The summed E-state index contributed by atoms with van der Waals surface area (Å²) in [5.74, 6) is -1.93. The molecule has 4 rings (SSSR count). The Morgan fingerprint density at radius 2 is 1.01 bits per heavy atom. The van der Waals surface area contributed by atoms with Gasteiger partial charge in [0.2, 0.25) is 11.8 Å². The van der Waals surface area contributed by atoms with Crippen molar-refractivity contribution in [3.05, 3.63) is 93.1 Å². The molecule has 0 bridgehead atoms. The number of alkyl carbamates (subject to hydrolysis) is 2. The molecule has 4 amide bonds. The molecule has 2 atom stereocenters. The van der Waals surface area contributed by atoms with Crippen LogP contribution in [0.3, 0.4) is 0 Å². The maximum Gasteiger partial charge on any atom is 0.407 e. The third-order valence-corrected chi connectivity index (χ3v) is 13.7. The molecule has 3 aromatic carbocycles. The number of unbranched alkanes of at least 4 members (excludes halogenated alkanes) is 2. The number of carboxylic acids is 1. The molecule has 0 radical (unpaired) electrons. The second-order valence-corrected chi connectivity index (χ2v) is 22.1. The summed E-state index contributed by atoms with van der Waals surface area (Å²) in [5.41, 5.74) is 5.02. The van der Waals surface area contributed by atoms with Crippen molar-refractivity contribution < 1.29 is 76.4 Å². The van der Waals surface area contributed by atoms with E-state index in [-0.39, 0.29) is 50.5 Å².